The average molecular weight is 505 g/mol. The first kappa shape index (κ1) is 31.6. The molecule has 0 saturated carbocycles. The van der Waals surface area contributed by atoms with Crippen molar-refractivity contribution in [2.24, 2.45) is 23.1 Å². The number of nitrogens with two attached hydrogens (primary N) is 3. The van der Waals surface area contributed by atoms with Crippen LogP contribution >= 0.6 is 11.8 Å². The fraction of sp³-hybridized carbons (Fsp3) is 0.762. The number of carboxylic acid groups (broad SMARTS) is 1. The number of thioether (sulfide) groups is 1. The Labute approximate surface area is 204 Å². The number of primary amides is 1. The van der Waals surface area contributed by atoms with E-state index in [-0.39, 0.29) is 25.2 Å². The molecule has 0 aromatic carbocycles. The van der Waals surface area contributed by atoms with E-state index in [0.717, 1.165) is 0 Å². The van der Waals surface area contributed by atoms with Crippen LogP contribution in [0.3, 0.4) is 0 Å². The van der Waals surface area contributed by atoms with Crippen LogP contribution in [-0.4, -0.2) is 77.4 Å². The number of nitrogens with one attached hydrogen (secondary N) is 3. The molecule has 4 atom stereocenters. The van der Waals surface area contributed by atoms with E-state index >= 15 is 0 Å². The van der Waals surface area contributed by atoms with Crippen molar-refractivity contribution < 1.29 is 29.1 Å². The molecule has 196 valence electrons. The number of carbonyl (C=O) groups excluding carboxylic acids is 4. The molecule has 0 radical (unpaired) electrons. The lowest BCUT2D eigenvalue weighted by molar-refractivity contribution is -0.142. The van der Waals surface area contributed by atoms with E-state index in [9.17, 15) is 29.1 Å². The first-order valence-electron chi connectivity index (χ1n) is 11.3. The van der Waals surface area contributed by atoms with Crippen molar-refractivity contribution in [1.82, 2.24) is 16.0 Å². The van der Waals surface area contributed by atoms with E-state index in [1.54, 1.807) is 25.6 Å². The predicted octanol–water partition coefficient (Wildman–Crippen LogP) is -1.34. The van der Waals surface area contributed by atoms with Crippen molar-refractivity contribution in [3.63, 3.8) is 0 Å². The lowest BCUT2D eigenvalue weighted by Crippen LogP contribution is -2.58. The quantitative estimate of drug-likeness (QED) is 0.110. The number of hydrogen-bond acceptors (Lipinski definition) is 8. The van der Waals surface area contributed by atoms with Crippen molar-refractivity contribution in [1.29, 1.82) is 0 Å². The highest BCUT2D eigenvalue weighted by atomic mass is 32.2. The molecule has 0 rings (SSSR count). The summed E-state index contributed by atoms with van der Waals surface area (Å²) in [6.07, 6.45) is 3.23. The van der Waals surface area contributed by atoms with E-state index in [1.807, 2.05) is 6.26 Å². The van der Waals surface area contributed by atoms with Crippen LogP contribution < -0.4 is 33.2 Å². The van der Waals surface area contributed by atoms with Crippen molar-refractivity contribution in [3.8, 4) is 0 Å². The molecule has 10 N–H and O–H groups in total. The van der Waals surface area contributed by atoms with Crippen LogP contribution in [0.5, 0.6) is 0 Å². The largest absolute Gasteiger partial charge is 0.480 e. The Morgan fingerprint density at radius 2 is 1.50 bits per heavy atom. The third kappa shape index (κ3) is 12.8. The van der Waals surface area contributed by atoms with Crippen LogP contribution in [0.15, 0.2) is 0 Å². The third-order valence-electron chi connectivity index (χ3n) is 5.09. The molecule has 0 aromatic rings. The monoisotopic (exact) mass is 504 g/mol. The van der Waals surface area contributed by atoms with Gasteiger partial charge in [0, 0.05) is 6.42 Å². The average Bonchev–Trinajstić information content (AvgIpc) is 2.76. The van der Waals surface area contributed by atoms with Crippen molar-refractivity contribution in [2.75, 3.05) is 18.6 Å². The standard InChI is InChI=1S/C21H40N6O6S/c1-12(2)17(27-18(29)13(23)9-11-34-3)20(31)25-14(7-8-16(24)28)19(30)26-15(21(32)33)6-4-5-10-22/h12-15,17H,4-11,22-23H2,1-3H3,(H2,24,28)(H,25,31)(H,26,30)(H,27,29)(H,32,33). The maximum Gasteiger partial charge on any atom is 0.326 e. The summed E-state index contributed by atoms with van der Waals surface area (Å²) >= 11 is 1.54. The highest BCUT2D eigenvalue weighted by molar-refractivity contribution is 7.98. The van der Waals surface area contributed by atoms with Gasteiger partial charge in [-0.3, -0.25) is 19.2 Å². The van der Waals surface area contributed by atoms with Gasteiger partial charge < -0.3 is 38.3 Å². The van der Waals surface area contributed by atoms with Gasteiger partial charge in [0.05, 0.1) is 6.04 Å². The Kier molecular flexibility index (Phi) is 15.9. The summed E-state index contributed by atoms with van der Waals surface area (Å²) in [6, 6.07) is -4.18. The molecule has 4 unspecified atom stereocenters. The van der Waals surface area contributed by atoms with Gasteiger partial charge in [0.2, 0.25) is 23.6 Å². The van der Waals surface area contributed by atoms with Crippen LogP contribution in [0.1, 0.15) is 52.4 Å². The maximum atomic E-state index is 12.9. The Morgan fingerprint density at radius 3 is 2.00 bits per heavy atom. The summed E-state index contributed by atoms with van der Waals surface area (Å²) in [5.41, 5.74) is 16.5. The van der Waals surface area contributed by atoms with Gasteiger partial charge in [0.25, 0.3) is 0 Å². The van der Waals surface area contributed by atoms with E-state index in [2.05, 4.69) is 16.0 Å². The number of carboxylic acids is 1. The van der Waals surface area contributed by atoms with Crippen LogP contribution in [0, 0.1) is 5.92 Å². The van der Waals surface area contributed by atoms with Crippen molar-refractivity contribution >= 4 is 41.4 Å². The van der Waals surface area contributed by atoms with Gasteiger partial charge in [0.15, 0.2) is 0 Å². The molecule has 0 aliphatic heterocycles. The fourth-order valence-electron chi connectivity index (χ4n) is 3.01. The second kappa shape index (κ2) is 17.1. The van der Waals surface area contributed by atoms with Crippen LogP contribution in [0.25, 0.3) is 0 Å². The smallest absolute Gasteiger partial charge is 0.326 e. The van der Waals surface area contributed by atoms with E-state index < -0.39 is 53.8 Å². The summed E-state index contributed by atoms with van der Waals surface area (Å²) in [6.45, 7) is 3.82. The first-order chi connectivity index (χ1) is 15.9. The van der Waals surface area contributed by atoms with Crippen molar-refractivity contribution in [2.45, 2.75) is 76.5 Å². The number of carbonyl (C=O) groups is 5. The highest BCUT2D eigenvalue weighted by Crippen LogP contribution is 2.08. The molecule has 12 nitrogen and oxygen atoms in total. The zero-order chi connectivity index (χ0) is 26.3. The normalized spacial score (nSPS) is 14.5. The zero-order valence-corrected chi connectivity index (χ0v) is 21.0. The van der Waals surface area contributed by atoms with Gasteiger partial charge in [-0.15, -0.1) is 0 Å². The molecule has 0 aliphatic carbocycles. The number of unbranched alkanes of at least 4 members (excludes halogenated alkanes) is 1. The fourth-order valence-corrected chi connectivity index (χ4v) is 3.50. The van der Waals surface area contributed by atoms with Crippen LogP contribution in [0.2, 0.25) is 0 Å². The predicted molar refractivity (Wildman–Crippen MR) is 131 cm³/mol. The third-order valence-corrected chi connectivity index (χ3v) is 5.73. The summed E-state index contributed by atoms with van der Waals surface area (Å²) < 4.78 is 0. The second-order valence-corrected chi connectivity index (χ2v) is 9.35. The van der Waals surface area contributed by atoms with Gasteiger partial charge in [0.1, 0.15) is 18.1 Å². The molecule has 0 aliphatic rings. The molecule has 0 saturated heterocycles. The summed E-state index contributed by atoms with van der Waals surface area (Å²) in [4.78, 5) is 61.0. The van der Waals surface area contributed by atoms with Gasteiger partial charge in [-0.05, 0) is 56.6 Å². The lowest BCUT2D eigenvalue weighted by Gasteiger charge is -2.27. The lowest BCUT2D eigenvalue weighted by atomic mass is 10.0. The van der Waals surface area contributed by atoms with Gasteiger partial charge in [-0.2, -0.15) is 11.8 Å². The number of rotatable bonds is 18. The van der Waals surface area contributed by atoms with Gasteiger partial charge in [-0.25, -0.2) is 4.79 Å². The molecule has 0 heterocycles. The molecule has 0 bridgehead atoms. The zero-order valence-electron chi connectivity index (χ0n) is 20.2. The van der Waals surface area contributed by atoms with E-state index in [4.69, 9.17) is 17.2 Å². The van der Waals surface area contributed by atoms with Gasteiger partial charge >= 0.3 is 5.97 Å². The highest BCUT2D eigenvalue weighted by Gasteiger charge is 2.31. The Bertz CT molecular complexity index is 693. The molecule has 4 amide bonds. The molecule has 13 heteroatoms. The van der Waals surface area contributed by atoms with E-state index in [0.29, 0.717) is 31.6 Å². The van der Waals surface area contributed by atoms with Crippen molar-refractivity contribution in [3.05, 3.63) is 0 Å². The Morgan fingerprint density at radius 1 is 0.882 bits per heavy atom. The Hall–Kier alpha value is -2.38. The maximum absolute atomic E-state index is 12.9. The summed E-state index contributed by atoms with van der Waals surface area (Å²) in [5, 5.41) is 16.9. The second-order valence-electron chi connectivity index (χ2n) is 8.37. The topological polar surface area (TPSA) is 220 Å². The molecular weight excluding hydrogens is 464 g/mol. The minimum absolute atomic E-state index is 0.131. The Balaban J connectivity index is 5.41. The summed E-state index contributed by atoms with van der Waals surface area (Å²) in [7, 11) is 0. The molecule has 0 spiro atoms. The number of amides is 4. The first-order valence-corrected chi connectivity index (χ1v) is 12.7. The molecule has 0 fully saturated rings. The minimum atomic E-state index is -1.23. The van der Waals surface area contributed by atoms with Crippen LogP contribution in [-0.2, 0) is 24.0 Å². The molecule has 34 heavy (non-hydrogen) atoms. The minimum Gasteiger partial charge on any atom is -0.480 e. The number of hydrogen-bond donors (Lipinski definition) is 7. The summed E-state index contributed by atoms with van der Waals surface area (Å²) in [5.74, 6) is -3.47. The van der Waals surface area contributed by atoms with Crippen LogP contribution in [0.4, 0.5) is 0 Å². The number of aliphatic carboxylic acids is 1. The van der Waals surface area contributed by atoms with E-state index in [1.165, 1.54) is 0 Å². The SMILES string of the molecule is CSCCC(N)C(=O)NC(C(=O)NC(CCC(N)=O)C(=O)NC(CCCCN)C(=O)O)C(C)C. The van der Waals surface area contributed by atoms with Gasteiger partial charge in [-0.1, -0.05) is 13.8 Å². The molecule has 0 aromatic heterocycles. The molecular formula is C21H40N6O6S.